The molecule has 0 aliphatic carbocycles. The SMILES string of the molecule is CCCCCCCCCCCC=CC(O)C(COC1OC(CO)C(O)C(O)C1O)NC(=O)CCCCCCCCCCCCCCCCCCC. The lowest BCUT2D eigenvalue weighted by Gasteiger charge is -2.40. The molecule has 9 nitrogen and oxygen atoms in total. The van der Waals surface area contributed by atoms with Gasteiger partial charge in [0, 0.05) is 6.42 Å². The topological polar surface area (TPSA) is 149 Å². The molecule has 0 aromatic rings. The van der Waals surface area contributed by atoms with Crippen molar-refractivity contribution >= 4 is 5.91 Å². The molecule has 7 atom stereocenters. The van der Waals surface area contributed by atoms with E-state index in [0.29, 0.717) is 6.42 Å². The van der Waals surface area contributed by atoms with Gasteiger partial charge in [0.15, 0.2) is 6.29 Å². The number of nitrogens with one attached hydrogen (secondary N) is 1. The normalized spacial score (nSPS) is 22.1. The molecule has 1 fully saturated rings. The predicted octanol–water partition coefficient (Wildman–Crippen LogP) is 8.17. The van der Waals surface area contributed by atoms with Gasteiger partial charge in [-0.1, -0.05) is 180 Å². The quantitative estimate of drug-likeness (QED) is 0.0283. The molecule has 51 heavy (non-hydrogen) atoms. The fraction of sp³-hybridized carbons (Fsp3) is 0.929. The molecule has 1 heterocycles. The summed E-state index contributed by atoms with van der Waals surface area (Å²) in [6.07, 6.45) is 29.7. The summed E-state index contributed by atoms with van der Waals surface area (Å²) in [4.78, 5) is 12.9. The van der Waals surface area contributed by atoms with Gasteiger partial charge in [0.25, 0.3) is 0 Å². The number of amides is 1. The van der Waals surface area contributed by atoms with E-state index >= 15 is 0 Å². The average Bonchev–Trinajstić information content (AvgIpc) is 3.13. The molecule has 1 amide bonds. The van der Waals surface area contributed by atoms with Gasteiger partial charge >= 0.3 is 0 Å². The highest BCUT2D eigenvalue weighted by Gasteiger charge is 2.44. The van der Waals surface area contributed by atoms with Gasteiger partial charge in [-0.15, -0.1) is 0 Å². The molecule has 0 radical (unpaired) electrons. The van der Waals surface area contributed by atoms with Gasteiger partial charge in [0.1, 0.15) is 24.4 Å². The maximum Gasteiger partial charge on any atom is 0.220 e. The van der Waals surface area contributed by atoms with Crippen LogP contribution >= 0.6 is 0 Å². The molecular formula is C42H81NO8. The monoisotopic (exact) mass is 728 g/mol. The van der Waals surface area contributed by atoms with Crippen molar-refractivity contribution in [2.45, 2.75) is 236 Å². The summed E-state index contributed by atoms with van der Waals surface area (Å²) in [5, 5.41) is 54.0. The van der Waals surface area contributed by atoms with Crippen molar-refractivity contribution in [3.63, 3.8) is 0 Å². The first kappa shape index (κ1) is 48.0. The van der Waals surface area contributed by atoms with Crippen molar-refractivity contribution in [1.29, 1.82) is 0 Å². The number of ether oxygens (including phenoxy) is 2. The zero-order valence-corrected chi connectivity index (χ0v) is 32.9. The minimum absolute atomic E-state index is 0.176. The highest BCUT2D eigenvalue weighted by atomic mass is 16.7. The molecule has 7 unspecified atom stereocenters. The second kappa shape index (κ2) is 33.5. The Hall–Kier alpha value is -1.07. The van der Waals surface area contributed by atoms with Crippen molar-refractivity contribution in [2.24, 2.45) is 0 Å². The van der Waals surface area contributed by atoms with E-state index in [4.69, 9.17) is 9.47 Å². The van der Waals surface area contributed by atoms with E-state index in [9.17, 15) is 30.3 Å². The molecule has 6 N–H and O–H groups in total. The second-order valence-electron chi connectivity index (χ2n) is 15.1. The number of aliphatic hydroxyl groups excluding tert-OH is 5. The molecule has 0 aromatic carbocycles. The Morgan fingerprint density at radius 1 is 0.647 bits per heavy atom. The van der Waals surface area contributed by atoms with E-state index in [1.807, 2.05) is 6.08 Å². The Labute approximate surface area is 312 Å². The molecule has 9 heteroatoms. The Morgan fingerprint density at radius 2 is 1.08 bits per heavy atom. The van der Waals surface area contributed by atoms with E-state index in [1.165, 1.54) is 135 Å². The minimum atomic E-state index is -1.56. The van der Waals surface area contributed by atoms with Crippen LogP contribution in [0, 0.1) is 0 Å². The average molecular weight is 728 g/mol. The zero-order valence-electron chi connectivity index (χ0n) is 32.9. The van der Waals surface area contributed by atoms with Crippen LogP contribution in [0.5, 0.6) is 0 Å². The van der Waals surface area contributed by atoms with Crippen LogP contribution in [0.15, 0.2) is 12.2 Å². The van der Waals surface area contributed by atoms with Gasteiger partial charge in [0.2, 0.25) is 5.91 Å². The Kier molecular flexibility index (Phi) is 31.5. The molecule has 0 spiro atoms. The smallest absolute Gasteiger partial charge is 0.220 e. The number of aliphatic hydroxyl groups is 5. The van der Waals surface area contributed by atoms with E-state index in [0.717, 1.165) is 38.5 Å². The maximum atomic E-state index is 12.9. The Balaban J connectivity index is 2.36. The van der Waals surface area contributed by atoms with Gasteiger partial charge in [0.05, 0.1) is 25.4 Å². The van der Waals surface area contributed by atoms with Crippen LogP contribution in [-0.4, -0.2) is 87.5 Å². The summed E-state index contributed by atoms with van der Waals surface area (Å²) >= 11 is 0. The molecule has 302 valence electrons. The van der Waals surface area contributed by atoms with Crippen molar-refractivity contribution < 1.29 is 39.8 Å². The number of carbonyl (C=O) groups excluding carboxylic acids is 1. The predicted molar refractivity (Wildman–Crippen MR) is 207 cm³/mol. The first-order valence-electron chi connectivity index (χ1n) is 21.4. The van der Waals surface area contributed by atoms with Crippen LogP contribution in [0.4, 0.5) is 0 Å². The fourth-order valence-electron chi connectivity index (χ4n) is 6.86. The molecule has 1 aliphatic rings. The zero-order chi connectivity index (χ0) is 37.4. The summed E-state index contributed by atoms with van der Waals surface area (Å²) in [6, 6.07) is -0.796. The van der Waals surface area contributed by atoms with Crippen molar-refractivity contribution in [1.82, 2.24) is 5.32 Å². The highest BCUT2D eigenvalue weighted by molar-refractivity contribution is 5.76. The lowest BCUT2D eigenvalue weighted by molar-refractivity contribution is -0.302. The fourth-order valence-corrected chi connectivity index (χ4v) is 6.86. The summed E-state index contributed by atoms with van der Waals surface area (Å²) in [5.74, 6) is -0.176. The lowest BCUT2D eigenvalue weighted by Crippen LogP contribution is -2.60. The number of carbonyl (C=O) groups is 1. The number of unbranched alkanes of at least 4 members (excludes halogenated alkanes) is 25. The van der Waals surface area contributed by atoms with Gasteiger partial charge in [-0.05, 0) is 19.3 Å². The third-order valence-electron chi connectivity index (χ3n) is 10.4. The van der Waals surface area contributed by atoms with Crippen molar-refractivity contribution in [2.75, 3.05) is 13.2 Å². The number of hydrogen-bond donors (Lipinski definition) is 6. The van der Waals surface area contributed by atoms with Crippen LogP contribution in [-0.2, 0) is 14.3 Å². The largest absolute Gasteiger partial charge is 0.394 e. The molecule has 1 aliphatic heterocycles. The molecule has 0 aromatic heterocycles. The third kappa shape index (κ3) is 24.8. The molecular weight excluding hydrogens is 646 g/mol. The second-order valence-corrected chi connectivity index (χ2v) is 15.1. The van der Waals surface area contributed by atoms with E-state index in [2.05, 4.69) is 19.2 Å². The van der Waals surface area contributed by atoms with Crippen LogP contribution < -0.4 is 5.32 Å². The lowest BCUT2D eigenvalue weighted by atomic mass is 9.99. The standard InChI is InChI=1S/C42H81NO8/c1-3-5-7-9-11-13-15-16-17-18-19-20-22-24-26-28-30-32-38(46)43-35(34-50-42-41(49)40(48)39(47)37(33-44)51-42)36(45)31-29-27-25-23-21-14-12-10-8-6-4-2/h29,31,35-37,39-42,44-45,47-49H,3-28,30,32-34H2,1-2H3,(H,43,46). The summed E-state index contributed by atoms with van der Waals surface area (Å²) in [5.41, 5.74) is 0. The number of allylic oxidation sites excluding steroid dienone is 1. The van der Waals surface area contributed by atoms with Crippen LogP contribution in [0.1, 0.15) is 194 Å². The number of hydrogen-bond acceptors (Lipinski definition) is 8. The van der Waals surface area contributed by atoms with E-state index in [1.54, 1.807) is 6.08 Å². The Bertz CT molecular complexity index is 812. The van der Waals surface area contributed by atoms with E-state index < -0.39 is 49.5 Å². The van der Waals surface area contributed by atoms with Crippen LogP contribution in [0.25, 0.3) is 0 Å². The molecule has 1 rings (SSSR count). The van der Waals surface area contributed by atoms with Gasteiger partial charge in [-0.3, -0.25) is 4.79 Å². The highest BCUT2D eigenvalue weighted by Crippen LogP contribution is 2.22. The summed E-state index contributed by atoms with van der Waals surface area (Å²) in [7, 11) is 0. The van der Waals surface area contributed by atoms with Crippen LogP contribution in [0.2, 0.25) is 0 Å². The first-order chi connectivity index (χ1) is 24.8. The van der Waals surface area contributed by atoms with Crippen LogP contribution in [0.3, 0.4) is 0 Å². The Morgan fingerprint density at radius 3 is 1.53 bits per heavy atom. The minimum Gasteiger partial charge on any atom is -0.394 e. The summed E-state index contributed by atoms with van der Waals surface area (Å²) < 4.78 is 11.2. The third-order valence-corrected chi connectivity index (χ3v) is 10.4. The van der Waals surface area contributed by atoms with Gasteiger partial charge in [-0.25, -0.2) is 0 Å². The molecule has 1 saturated heterocycles. The number of rotatable bonds is 35. The maximum absolute atomic E-state index is 12.9. The van der Waals surface area contributed by atoms with Gasteiger partial charge in [-0.2, -0.15) is 0 Å². The van der Waals surface area contributed by atoms with E-state index in [-0.39, 0.29) is 12.5 Å². The molecule has 0 saturated carbocycles. The first-order valence-corrected chi connectivity index (χ1v) is 21.4. The summed E-state index contributed by atoms with van der Waals surface area (Å²) in [6.45, 7) is 3.76. The van der Waals surface area contributed by atoms with Crippen molar-refractivity contribution in [3.8, 4) is 0 Å². The molecule has 0 bridgehead atoms. The van der Waals surface area contributed by atoms with Gasteiger partial charge < -0.3 is 40.3 Å². The van der Waals surface area contributed by atoms with Crippen molar-refractivity contribution in [3.05, 3.63) is 12.2 Å².